The lowest BCUT2D eigenvalue weighted by Crippen LogP contribution is -2.30. The summed E-state index contributed by atoms with van der Waals surface area (Å²) in [5.41, 5.74) is -5.71. The lowest BCUT2D eigenvalue weighted by molar-refractivity contribution is -0.0498. The van der Waals surface area contributed by atoms with E-state index in [-0.39, 0.29) is 11.1 Å². The van der Waals surface area contributed by atoms with Crippen LogP contribution in [0.2, 0.25) is 0 Å². The van der Waals surface area contributed by atoms with Gasteiger partial charge >= 0.3 is 15.6 Å². The number of alkyl halides is 3. The second-order valence-corrected chi connectivity index (χ2v) is 8.03. The van der Waals surface area contributed by atoms with Gasteiger partial charge in [0, 0.05) is 0 Å². The summed E-state index contributed by atoms with van der Waals surface area (Å²) >= 11 is 0. The molecule has 10 heteroatoms. The van der Waals surface area contributed by atoms with E-state index >= 15 is 0 Å². The van der Waals surface area contributed by atoms with Crippen molar-refractivity contribution in [2.24, 2.45) is 0 Å². The van der Waals surface area contributed by atoms with Gasteiger partial charge in [0.25, 0.3) is 10.1 Å². The highest BCUT2D eigenvalue weighted by atomic mass is 32.3. The molecule has 0 unspecified atom stereocenters. The molecule has 24 heavy (non-hydrogen) atoms. The molecule has 0 amide bonds. The molecule has 0 radical (unpaired) electrons. The Morgan fingerprint density at radius 1 is 0.750 bits per heavy atom. The molecule has 0 aliphatic carbocycles. The molecule has 0 N–H and O–H groups in total. The van der Waals surface area contributed by atoms with Crippen molar-refractivity contribution in [1.82, 2.24) is 0 Å². The van der Waals surface area contributed by atoms with Gasteiger partial charge in [0.05, 0.1) is 0 Å². The Hall–Kier alpha value is -1.91. The minimum absolute atomic E-state index is 0.0704. The van der Waals surface area contributed by atoms with Gasteiger partial charge in [-0.2, -0.15) is 30.0 Å². The minimum Gasteiger partial charge on any atom is -0.197 e. The van der Waals surface area contributed by atoms with Gasteiger partial charge < -0.3 is 0 Å². The Bertz CT molecular complexity index is 853. The number of hydrogen-bond donors (Lipinski definition) is 0. The first kappa shape index (κ1) is 18.4. The summed E-state index contributed by atoms with van der Waals surface area (Å²) in [5.74, 6) is 0. The third kappa shape index (κ3) is 3.94. The van der Waals surface area contributed by atoms with Crippen molar-refractivity contribution >= 4 is 20.2 Å². The quantitative estimate of drug-likeness (QED) is 0.746. The SMILES string of the molecule is O=S(=O)(OS(=O)(=O)C(F)(F)F)C(c1ccccc1)c1ccccc1. The third-order valence-electron chi connectivity index (χ3n) is 2.96. The van der Waals surface area contributed by atoms with Gasteiger partial charge in [0.1, 0.15) is 5.25 Å². The van der Waals surface area contributed by atoms with Crippen molar-refractivity contribution < 1.29 is 33.6 Å². The highest BCUT2D eigenvalue weighted by Crippen LogP contribution is 2.35. The zero-order chi connectivity index (χ0) is 18.0. The van der Waals surface area contributed by atoms with Crippen LogP contribution < -0.4 is 0 Å². The van der Waals surface area contributed by atoms with E-state index in [0.717, 1.165) is 0 Å². The van der Waals surface area contributed by atoms with Crippen molar-refractivity contribution in [1.29, 1.82) is 0 Å². The predicted octanol–water partition coefficient (Wildman–Crippen LogP) is 2.97. The van der Waals surface area contributed by atoms with Crippen LogP contribution in [0, 0.1) is 0 Å². The number of rotatable bonds is 5. The Kier molecular flexibility index (Phi) is 5.02. The van der Waals surface area contributed by atoms with E-state index in [2.05, 4.69) is 3.63 Å². The average molecular weight is 380 g/mol. The highest BCUT2D eigenvalue weighted by Gasteiger charge is 2.51. The monoisotopic (exact) mass is 380 g/mol. The maximum absolute atomic E-state index is 12.5. The molecule has 5 nitrogen and oxygen atoms in total. The van der Waals surface area contributed by atoms with Gasteiger partial charge in [-0.1, -0.05) is 60.7 Å². The number of halogens is 3. The Balaban J connectivity index is 2.56. The van der Waals surface area contributed by atoms with E-state index in [1.54, 1.807) is 12.1 Å². The van der Waals surface area contributed by atoms with Gasteiger partial charge in [0.2, 0.25) is 0 Å². The third-order valence-corrected chi connectivity index (χ3v) is 6.13. The van der Waals surface area contributed by atoms with Gasteiger partial charge in [0.15, 0.2) is 0 Å². The van der Waals surface area contributed by atoms with Crippen LogP contribution in [0.15, 0.2) is 60.7 Å². The van der Waals surface area contributed by atoms with Gasteiger partial charge in [-0.3, -0.25) is 0 Å². The second-order valence-electron chi connectivity index (χ2n) is 4.66. The summed E-state index contributed by atoms with van der Waals surface area (Å²) in [5, 5.41) is -1.72. The fraction of sp³-hybridized carbons (Fsp3) is 0.143. The maximum Gasteiger partial charge on any atom is 0.524 e. The fourth-order valence-corrected chi connectivity index (χ4v) is 4.59. The van der Waals surface area contributed by atoms with E-state index in [4.69, 9.17) is 0 Å². The number of hydrogen-bond acceptors (Lipinski definition) is 5. The van der Waals surface area contributed by atoms with E-state index in [1.807, 2.05) is 0 Å². The molecule has 0 aromatic heterocycles. The Morgan fingerprint density at radius 3 is 1.46 bits per heavy atom. The van der Waals surface area contributed by atoms with Crippen LogP contribution >= 0.6 is 0 Å². The average Bonchev–Trinajstić information content (AvgIpc) is 2.47. The van der Waals surface area contributed by atoms with Crippen LogP contribution in [0.1, 0.15) is 16.4 Å². The second kappa shape index (κ2) is 6.54. The molecule has 130 valence electrons. The molecule has 0 fully saturated rings. The molecule has 0 aliphatic heterocycles. The first-order chi connectivity index (χ1) is 11.0. The lowest BCUT2D eigenvalue weighted by Gasteiger charge is -2.18. The fourth-order valence-electron chi connectivity index (χ4n) is 1.98. The van der Waals surface area contributed by atoms with Crippen molar-refractivity contribution in [3.63, 3.8) is 0 Å². The van der Waals surface area contributed by atoms with Crippen molar-refractivity contribution in [3.8, 4) is 0 Å². The summed E-state index contributed by atoms with van der Waals surface area (Å²) in [6, 6.07) is 14.4. The Labute approximate surface area is 136 Å². The van der Waals surface area contributed by atoms with Crippen LogP contribution in [0.5, 0.6) is 0 Å². The summed E-state index contributed by atoms with van der Waals surface area (Å²) in [4.78, 5) is 0. The van der Waals surface area contributed by atoms with E-state index < -0.39 is 31.0 Å². The molecule has 0 saturated heterocycles. The molecule has 0 bridgehead atoms. The molecular formula is C14H11F3O5S2. The zero-order valence-electron chi connectivity index (χ0n) is 11.8. The summed E-state index contributed by atoms with van der Waals surface area (Å²) < 4.78 is 87.7. The van der Waals surface area contributed by atoms with Crippen molar-refractivity contribution in [2.45, 2.75) is 10.8 Å². The molecule has 2 rings (SSSR count). The topological polar surface area (TPSA) is 77.5 Å². The molecule has 0 atom stereocenters. The lowest BCUT2D eigenvalue weighted by atomic mass is 10.0. The van der Waals surface area contributed by atoms with E-state index in [0.29, 0.717) is 0 Å². The molecule has 2 aromatic carbocycles. The van der Waals surface area contributed by atoms with Crippen LogP contribution in [-0.2, 0) is 23.9 Å². The van der Waals surface area contributed by atoms with Crippen LogP contribution in [-0.4, -0.2) is 22.3 Å². The largest absolute Gasteiger partial charge is 0.524 e. The van der Waals surface area contributed by atoms with E-state index in [9.17, 15) is 30.0 Å². The molecule has 0 heterocycles. The molecule has 0 saturated carbocycles. The standard InChI is InChI=1S/C14H11F3O5S2/c15-14(16,17)24(20,21)22-23(18,19)13(11-7-3-1-4-8-11)12-9-5-2-6-10-12/h1-10,13H. The van der Waals surface area contributed by atoms with Gasteiger partial charge in [-0.05, 0) is 11.1 Å². The molecule has 0 spiro atoms. The maximum atomic E-state index is 12.5. The molecular weight excluding hydrogens is 369 g/mol. The first-order valence-electron chi connectivity index (χ1n) is 6.41. The van der Waals surface area contributed by atoms with Crippen LogP contribution in [0.25, 0.3) is 0 Å². The van der Waals surface area contributed by atoms with Crippen LogP contribution in [0.3, 0.4) is 0 Å². The molecule has 2 aromatic rings. The Morgan fingerprint density at radius 2 is 1.12 bits per heavy atom. The van der Waals surface area contributed by atoms with Crippen molar-refractivity contribution in [3.05, 3.63) is 71.8 Å². The van der Waals surface area contributed by atoms with E-state index in [1.165, 1.54) is 48.5 Å². The normalized spacial score (nSPS) is 13.2. The van der Waals surface area contributed by atoms with Gasteiger partial charge in [-0.15, -0.1) is 3.63 Å². The summed E-state index contributed by atoms with van der Waals surface area (Å²) in [7, 11) is -11.5. The molecule has 0 aliphatic rings. The van der Waals surface area contributed by atoms with Gasteiger partial charge in [-0.25, -0.2) is 0 Å². The highest BCUT2D eigenvalue weighted by molar-refractivity contribution is 8.00. The number of benzene rings is 2. The van der Waals surface area contributed by atoms with Crippen molar-refractivity contribution in [2.75, 3.05) is 0 Å². The predicted molar refractivity (Wildman–Crippen MR) is 79.7 cm³/mol. The zero-order valence-corrected chi connectivity index (χ0v) is 13.5. The summed E-state index contributed by atoms with van der Waals surface area (Å²) in [6.07, 6.45) is 0. The summed E-state index contributed by atoms with van der Waals surface area (Å²) in [6.45, 7) is 0. The minimum atomic E-state index is -6.30. The van der Waals surface area contributed by atoms with Crippen LogP contribution in [0.4, 0.5) is 13.2 Å². The first-order valence-corrected chi connectivity index (χ1v) is 9.29. The smallest absolute Gasteiger partial charge is 0.197 e.